The molecule has 0 radical (unpaired) electrons. The molecule has 4 heterocycles. The van der Waals surface area contributed by atoms with Crippen molar-refractivity contribution < 1.29 is 9.18 Å². The Hall–Kier alpha value is -3.63. The van der Waals surface area contributed by atoms with Gasteiger partial charge in [-0.25, -0.2) is 19.3 Å². The van der Waals surface area contributed by atoms with Crippen molar-refractivity contribution >= 4 is 40.0 Å². The Labute approximate surface area is 212 Å². The Balaban J connectivity index is 1.19. The highest BCUT2D eigenvalue weighted by Gasteiger charge is 2.25. The fourth-order valence-electron chi connectivity index (χ4n) is 4.51. The molecule has 5 rings (SSSR count). The first-order valence-electron chi connectivity index (χ1n) is 11.9. The number of hydrogen-bond donors (Lipinski definition) is 4. The molecule has 1 aromatic carbocycles. The molecule has 11 heteroatoms. The highest BCUT2D eigenvalue weighted by molar-refractivity contribution is 6.33. The summed E-state index contributed by atoms with van der Waals surface area (Å²) in [5, 5.41) is 9.51. The van der Waals surface area contributed by atoms with Gasteiger partial charge in [0.25, 0.3) is 0 Å². The van der Waals surface area contributed by atoms with Crippen LogP contribution in [0, 0.1) is 5.82 Å². The van der Waals surface area contributed by atoms with E-state index in [9.17, 15) is 9.18 Å². The third kappa shape index (κ3) is 5.77. The Morgan fingerprint density at radius 1 is 1.11 bits per heavy atom. The summed E-state index contributed by atoms with van der Waals surface area (Å²) in [7, 11) is 0. The summed E-state index contributed by atoms with van der Waals surface area (Å²) in [6.45, 7) is 0.0799. The molecule has 0 spiro atoms. The van der Waals surface area contributed by atoms with E-state index in [1.807, 2.05) is 24.3 Å². The number of nitrogens with zero attached hydrogens (tertiary/aromatic N) is 4. The largest absolute Gasteiger partial charge is 0.362 e. The molecular weight excluding hydrogens is 483 g/mol. The van der Waals surface area contributed by atoms with Gasteiger partial charge in [-0.15, -0.1) is 0 Å². The van der Waals surface area contributed by atoms with Crippen LogP contribution in [-0.2, 0) is 17.8 Å². The second-order valence-corrected chi connectivity index (χ2v) is 9.18. The third-order valence-corrected chi connectivity index (χ3v) is 6.50. The molecule has 1 aliphatic heterocycles. The highest BCUT2D eigenvalue weighted by Crippen LogP contribution is 2.27. The molecule has 2 unspecified atom stereocenters. The van der Waals surface area contributed by atoms with Crippen LogP contribution < -0.4 is 16.0 Å². The van der Waals surface area contributed by atoms with E-state index in [2.05, 4.69) is 40.9 Å². The quantitative estimate of drug-likeness (QED) is 0.263. The molecule has 9 nitrogen and oxygen atoms in total. The van der Waals surface area contributed by atoms with Crippen LogP contribution in [0.25, 0.3) is 11.0 Å². The topological polar surface area (TPSA) is 121 Å². The van der Waals surface area contributed by atoms with Crippen LogP contribution >= 0.6 is 11.6 Å². The zero-order valence-electron chi connectivity index (χ0n) is 19.5. The summed E-state index contributed by atoms with van der Waals surface area (Å²) >= 11 is 6.25. The van der Waals surface area contributed by atoms with E-state index in [1.165, 1.54) is 24.7 Å². The first-order valence-corrected chi connectivity index (χ1v) is 12.3. The normalized spacial score (nSPS) is 17.7. The monoisotopic (exact) mass is 508 g/mol. The van der Waals surface area contributed by atoms with Crippen molar-refractivity contribution in [3.8, 4) is 0 Å². The second-order valence-electron chi connectivity index (χ2n) is 8.82. The number of carbonyl (C=O) groups is 1. The van der Waals surface area contributed by atoms with E-state index < -0.39 is 5.82 Å². The molecule has 4 aromatic rings. The molecule has 4 N–H and O–H groups in total. The summed E-state index contributed by atoms with van der Waals surface area (Å²) in [6.07, 6.45) is 6.76. The maximum Gasteiger partial charge on any atom is 0.226 e. The van der Waals surface area contributed by atoms with Gasteiger partial charge in [0.1, 0.15) is 23.7 Å². The van der Waals surface area contributed by atoms with Crippen molar-refractivity contribution in [1.82, 2.24) is 30.2 Å². The average Bonchev–Trinajstić information content (AvgIpc) is 3.28. The van der Waals surface area contributed by atoms with E-state index in [0.29, 0.717) is 5.82 Å². The number of aromatic amines is 1. The van der Waals surface area contributed by atoms with Gasteiger partial charge in [-0.1, -0.05) is 30.2 Å². The average molecular weight is 509 g/mol. The molecule has 36 heavy (non-hydrogen) atoms. The fourth-order valence-corrected chi connectivity index (χ4v) is 4.69. The van der Waals surface area contributed by atoms with E-state index in [-0.39, 0.29) is 47.5 Å². The first-order chi connectivity index (χ1) is 17.5. The van der Waals surface area contributed by atoms with Crippen LogP contribution in [0.2, 0.25) is 5.15 Å². The SMILES string of the molecule is O=C(CC1CCCC(Cc2nc3ccccc3[nH]2)N1)Nc1c(Cl)ncnc1NCc1ncccc1F. The molecule has 1 amide bonds. The number of fused-ring (bicyclic) bond motifs is 1. The van der Waals surface area contributed by atoms with Gasteiger partial charge >= 0.3 is 0 Å². The highest BCUT2D eigenvalue weighted by atomic mass is 35.5. The number of amides is 1. The Morgan fingerprint density at radius 2 is 1.97 bits per heavy atom. The molecule has 1 fully saturated rings. The lowest BCUT2D eigenvalue weighted by Gasteiger charge is -2.30. The lowest BCUT2D eigenvalue weighted by atomic mass is 9.94. The molecule has 1 saturated heterocycles. The van der Waals surface area contributed by atoms with Crippen LogP contribution in [0.15, 0.2) is 48.9 Å². The van der Waals surface area contributed by atoms with Crippen LogP contribution in [0.4, 0.5) is 15.9 Å². The number of carbonyl (C=O) groups excluding carboxylic acids is 1. The predicted molar refractivity (Wildman–Crippen MR) is 136 cm³/mol. The number of para-hydroxylation sites is 2. The van der Waals surface area contributed by atoms with Gasteiger partial charge in [-0.2, -0.15) is 0 Å². The maximum atomic E-state index is 13.9. The minimum absolute atomic E-state index is 0.0237. The number of benzene rings is 1. The van der Waals surface area contributed by atoms with Crippen molar-refractivity contribution in [2.45, 2.75) is 50.7 Å². The van der Waals surface area contributed by atoms with E-state index in [0.717, 1.165) is 42.5 Å². The van der Waals surface area contributed by atoms with E-state index in [1.54, 1.807) is 0 Å². The molecule has 0 saturated carbocycles. The smallest absolute Gasteiger partial charge is 0.226 e. The number of aromatic nitrogens is 5. The molecular formula is C25H26ClFN8O. The van der Waals surface area contributed by atoms with Crippen molar-refractivity contribution in [1.29, 1.82) is 0 Å². The summed E-state index contributed by atoms with van der Waals surface area (Å²) in [6, 6.07) is 11.1. The van der Waals surface area contributed by atoms with Crippen LogP contribution in [0.5, 0.6) is 0 Å². The van der Waals surface area contributed by atoms with Crippen LogP contribution in [0.1, 0.15) is 37.2 Å². The molecule has 2 atom stereocenters. The van der Waals surface area contributed by atoms with Crippen molar-refractivity contribution in [3.63, 3.8) is 0 Å². The fraction of sp³-hybridized carbons (Fsp3) is 0.320. The molecule has 0 aliphatic carbocycles. The summed E-state index contributed by atoms with van der Waals surface area (Å²) in [4.78, 5) is 33.1. The van der Waals surface area contributed by atoms with Crippen molar-refractivity contribution in [2.24, 2.45) is 0 Å². The minimum atomic E-state index is -0.434. The molecule has 0 bridgehead atoms. The standard InChI is InChI=1S/C25H26ClFN8O/c26-24-23(25(31-14-30-24)29-13-20-17(27)7-4-10-28-20)35-22(36)12-16-6-3-5-15(32-16)11-21-33-18-8-1-2-9-19(18)34-21/h1-2,4,7-10,14-16,32H,3,5-6,11-13H2,(H,33,34)(H,35,36)(H,29,30,31). The van der Waals surface area contributed by atoms with Crippen LogP contribution in [-0.4, -0.2) is 42.9 Å². The Bertz CT molecular complexity index is 1330. The van der Waals surface area contributed by atoms with E-state index in [4.69, 9.17) is 11.6 Å². The predicted octanol–water partition coefficient (Wildman–Crippen LogP) is 4.23. The van der Waals surface area contributed by atoms with Gasteiger partial charge in [-0.3, -0.25) is 9.78 Å². The van der Waals surface area contributed by atoms with Gasteiger partial charge in [0, 0.05) is 31.1 Å². The van der Waals surface area contributed by atoms with Gasteiger partial charge in [0.2, 0.25) is 5.91 Å². The Kier molecular flexibility index (Phi) is 7.33. The summed E-state index contributed by atoms with van der Waals surface area (Å²) < 4.78 is 13.9. The van der Waals surface area contributed by atoms with Crippen molar-refractivity contribution in [3.05, 3.63) is 71.4 Å². The number of halogens is 2. The number of nitrogens with one attached hydrogen (secondary N) is 4. The molecule has 3 aromatic heterocycles. The number of hydrogen-bond acceptors (Lipinski definition) is 7. The van der Waals surface area contributed by atoms with Crippen molar-refractivity contribution in [2.75, 3.05) is 10.6 Å². The summed E-state index contributed by atoms with van der Waals surface area (Å²) in [5.74, 6) is 0.594. The lowest BCUT2D eigenvalue weighted by molar-refractivity contribution is -0.116. The zero-order valence-corrected chi connectivity index (χ0v) is 20.2. The first kappa shape index (κ1) is 24.1. The second kappa shape index (κ2) is 11.0. The number of rotatable bonds is 8. The third-order valence-electron chi connectivity index (χ3n) is 6.21. The maximum absolute atomic E-state index is 13.9. The summed E-state index contributed by atoms with van der Waals surface area (Å²) in [5.41, 5.74) is 2.47. The Morgan fingerprint density at radius 3 is 2.83 bits per heavy atom. The van der Waals surface area contributed by atoms with Gasteiger partial charge in [0.05, 0.1) is 23.3 Å². The minimum Gasteiger partial charge on any atom is -0.362 e. The van der Waals surface area contributed by atoms with Gasteiger partial charge in [-0.05, 0) is 37.1 Å². The van der Waals surface area contributed by atoms with Crippen LogP contribution in [0.3, 0.4) is 0 Å². The molecule has 186 valence electrons. The van der Waals surface area contributed by atoms with Gasteiger partial charge in [0.15, 0.2) is 11.0 Å². The number of H-pyrrole nitrogens is 1. The molecule has 1 aliphatic rings. The number of pyridine rings is 1. The number of imidazole rings is 1. The van der Waals surface area contributed by atoms with E-state index >= 15 is 0 Å². The van der Waals surface area contributed by atoms with Gasteiger partial charge < -0.3 is 20.9 Å². The number of anilines is 2. The zero-order chi connectivity index (χ0) is 24.9. The lowest BCUT2D eigenvalue weighted by Crippen LogP contribution is -2.45. The number of piperidine rings is 1.